The Bertz CT molecular complexity index is 1260. The number of benzene rings is 1. The van der Waals surface area contributed by atoms with Gasteiger partial charge in [0.05, 0.1) is 10.0 Å². The van der Waals surface area contributed by atoms with Crippen molar-refractivity contribution in [3.8, 4) is 5.75 Å². The van der Waals surface area contributed by atoms with Crippen LogP contribution in [0.5, 0.6) is 5.75 Å². The standard InChI is InChI=1S/C20H16BrN5O7S2/c21-11-2-1-9(3-13(11)28)5-33-25-14(12-7-35-20(23-12)22-8-27)16(29)24-15-17(30)26-4-10(19(31)32)6-34-18(15)26/h1-4,7-8,15,18,28H,5-6H2,(H,24,29)(H,31,32)(H,22,23,27)/t15?,18-/m1/s1. The summed E-state index contributed by atoms with van der Waals surface area (Å²) in [5.74, 6) is -2.10. The van der Waals surface area contributed by atoms with E-state index in [1.54, 1.807) is 12.1 Å². The van der Waals surface area contributed by atoms with Crippen molar-refractivity contribution in [3.05, 3.63) is 51.1 Å². The van der Waals surface area contributed by atoms with Gasteiger partial charge in [0, 0.05) is 17.3 Å². The van der Waals surface area contributed by atoms with Crippen molar-refractivity contribution < 1.29 is 34.2 Å². The predicted octanol–water partition coefficient (Wildman–Crippen LogP) is 1.47. The number of anilines is 1. The number of carboxylic acids is 1. The first-order chi connectivity index (χ1) is 16.8. The Kier molecular flexibility index (Phi) is 7.37. The summed E-state index contributed by atoms with van der Waals surface area (Å²) in [7, 11) is 0. The SMILES string of the molecule is O=CNc1nc(C(=NOCc2ccc(Br)c(O)c2)C(=O)NC2C(=O)N3C=C(C(=O)O)CS[C@H]23)cs1. The summed E-state index contributed by atoms with van der Waals surface area (Å²) in [4.78, 5) is 58.2. The quantitative estimate of drug-likeness (QED) is 0.148. The normalized spacial score (nSPS) is 19.2. The number of hydrogen-bond donors (Lipinski definition) is 4. The van der Waals surface area contributed by atoms with Crippen LogP contribution < -0.4 is 10.6 Å². The lowest BCUT2D eigenvalue weighted by molar-refractivity contribution is -0.144. The number of oxime groups is 1. The zero-order chi connectivity index (χ0) is 25.1. The van der Waals surface area contributed by atoms with Crippen molar-refractivity contribution in [1.82, 2.24) is 15.2 Å². The van der Waals surface area contributed by atoms with Gasteiger partial charge in [-0.2, -0.15) is 0 Å². The molecule has 0 radical (unpaired) electrons. The van der Waals surface area contributed by atoms with E-state index in [0.717, 1.165) is 11.3 Å². The molecule has 2 aliphatic rings. The number of phenols is 1. The first-order valence-electron chi connectivity index (χ1n) is 9.80. The van der Waals surface area contributed by atoms with Crippen LogP contribution in [0.4, 0.5) is 5.13 Å². The lowest BCUT2D eigenvalue weighted by Gasteiger charge is -2.46. The monoisotopic (exact) mass is 581 g/mol. The van der Waals surface area contributed by atoms with E-state index in [4.69, 9.17) is 9.94 Å². The molecule has 4 N–H and O–H groups in total. The highest BCUT2D eigenvalue weighted by Crippen LogP contribution is 2.36. The van der Waals surface area contributed by atoms with Crippen molar-refractivity contribution in [3.63, 3.8) is 0 Å². The number of hydrogen-bond acceptors (Lipinski definition) is 10. The van der Waals surface area contributed by atoms with Crippen LogP contribution in [0.15, 0.2) is 45.0 Å². The first-order valence-corrected chi connectivity index (χ1v) is 12.5. The van der Waals surface area contributed by atoms with Crippen molar-refractivity contribution in [1.29, 1.82) is 0 Å². The number of aliphatic carboxylic acids is 1. The number of phenolic OH excluding ortho intramolecular Hbond substituents is 1. The average molecular weight is 582 g/mol. The largest absolute Gasteiger partial charge is 0.507 e. The van der Waals surface area contributed by atoms with E-state index in [0.29, 0.717) is 16.4 Å². The number of aromatic hydroxyl groups is 1. The van der Waals surface area contributed by atoms with Crippen LogP contribution in [0.25, 0.3) is 0 Å². The maximum Gasteiger partial charge on any atom is 0.333 e. The minimum atomic E-state index is -1.11. The van der Waals surface area contributed by atoms with Crippen LogP contribution in [-0.2, 0) is 30.6 Å². The lowest BCUT2D eigenvalue weighted by Crippen LogP contribution is -2.69. The van der Waals surface area contributed by atoms with Gasteiger partial charge in [-0.05, 0) is 33.6 Å². The van der Waals surface area contributed by atoms with Crippen molar-refractivity contribution >= 4 is 74.1 Å². The third-order valence-electron chi connectivity index (χ3n) is 4.89. The Morgan fingerprint density at radius 3 is 2.91 bits per heavy atom. The highest BCUT2D eigenvalue weighted by molar-refractivity contribution is 9.10. The van der Waals surface area contributed by atoms with Gasteiger partial charge in [0.25, 0.3) is 11.8 Å². The van der Waals surface area contributed by atoms with E-state index in [2.05, 4.69) is 36.7 Å². The fourth-order valence-electron chi connectivity index (χ4n) is 3.16. The van der Waals surface area contributed by atoms with Gasteiger partial charge in [0.2, 0.25) is 6.41 Å². The van der Waals surface area contributed by atoms with E-state index in [1.165, 1.54) is 34.3 Å². The number of amides is 3. The van der Waals surface area contributed by atoms with E-state index >= 15 is 0 Å². The smallest absolute Gasteiger partial charge is 0.333 e. The van der Waals surface area contributed by atoms with Crippen LogP contribution in [0, 0.1) is 0 Å². The number of fused-ring (bicyclic) bond motifs is 1. The highest BCUT2D eigenvalue weighted by atomic mass is 79.9. The second-order valence-corrected chi connectivity index (χ2v) is 9.97. The Morgan fingerprint density at radius 2 is 2.20 bits per heavy atom. The van der Waals surface area contributed by atoms with Crippen LogP contribution in [-0.4, -0.2) is 67.2 Å². The minimum Gasteiger partial charge on any atom is -0.507 e. The van der Waals surface area contributed by atoms with Gasteiger partial charge >= 0.3 is 5.97 Å². The Balaban J connectivity index is 1.50. The zero-order valence-corrected chi connectivity index (χ0v) is 20.7. The molecule has 2 aliphatic heterocycles. The van der Waals surface area contributed by atoms with Gasteiger partial charge in [-0.1, -0.05) is 11.2 Å². The minimum absolute atomic E-state index is 0.00950. The van der Waals surface area contributed by atoms with E-state index in [9.17, 15) is 24.3 Å². The summed E-state index contributed by atoms with van der Waals surface area (Å²) in [6, 6.07) is 3.89. The van der Waals surface area contributed by atoms with Gasteiger partial charge in [-0.15, -0.1) is 23.1 Å². The summed E-state index contributed by atoms with van der Waals surface area (Å²) < 4.78 is 0.507. The van der Waals surface area contributed by atoms with Crippen LogP contribution in [0.3, 0.4) is 0 Å². The van der Waals surface area contributed by atoms with Crippen LogP contribution in [0.2, 0.25) is 0 Å². The molecule has 182 valence electrons. The molecule has 1 aromatic heterocycles. The van der Waals surface area contributed by atoms with Gasteiger partial charge < -0.3 is 30.6 Å². The summed E-state index contributed by atoms with van der Waals surface area (Å²) in [5.41, 5.74) is 0.566. The lowest BCUT2D eigenvalue weighted by atomic mass is 10.1. The molecule has 3 amide bonds. The summed E-state index contributed by atoms with van der Waals surface area (Å²) in [6.07, 6.45) is 1.72. The van der Waals surface area contributed by atoms with E-state index in [1.807, 2.05) is 0 Å². The number of rotatable bonds is 9. The van der Waals surface area contributed by atoms with E-state index < -0.39 is 29.2 Å². The number of carbonyl (C=O) groups is 4. The number of aromatic nitrogens is 1. The number of carboxylic acid groups (broad SMARTS) is 1. The summed E-state index contributed by atoms with van der Waals surface area (Å²) in [5, 5.41) is 29.1. The number of halogens is 1. The second kappa shape index (κ2) is 10.5. The molecule has 1 saturated heterocycles. The van der Waals surface area contributed by atoms with Gasteiger partial charge in [0.1, 0.15) is 29.5 Å². The molecule has 35 heavy (non-hydrogen) atoms. The number of β-lactam (4-membered cyclic amide) rings is 1. The molecule has 4 rings (SSSR count). The summed E-state index contributed by atoms with van der Waals surface area (Å²) in [6.45, 7) is -0.0709. The van der Waals surface area contributed by atoms with Crippen molar-refractivity contribution in [2.24, 2.45) is 5.16 Å². The molecule has 0 spiro atoms. The molecular weight excluding hydrogens is 566 g/mol. The number of thioether (sulfide) groups is 1. The molecule has 0 aliphatic carbocycles. The molecule has 1 aromatic carbocycles. The fourth-order valence-corrected chi connectivity index (χ4v) is 5.32. The summed E-state index contributed by atoms with van der Waals surface area (Å²) >= 11 is 5.47. The molecule has 0 bridgehead atoms. The molecule has 2 aromatic rings. The molecule has 15 heteroatoms. The maximum atomic E-state index is 13.1. The fraction of sp³-hybridized carbons (Fsp3) is 0.200. The third kappa shape index (κ3) is 5.31. The van der Waals surface area contributed by atoms with Gasteiger partial charge in [-0.25, -0.2) is 9.78 Å². The molecular formula is C20H16BrN5O7S2. The molecule has 12 nitrogen and oxygen atoms in total. The van der Waals surface area contributed by atoms with Crippen molar-refractivity contribution in [2.45, 2.75) is 18.0 Å². The molecule has 1 unspecified atom stereocenters. The average Bonchev–Trinajstić information content (AvgIpc) is 3.30. The Labute approximate surface area is 214 Å². The number of thiazole rings is 1. The number of nitrogens with one attached hydrogen (secondary N) is 2. The molecule has 0 saturated carbocycles. The maximum absolute atomic E-state index is 13.1. The highest BCUT2D eigenvalue weighted by Gasteiger charge is 2.50. The van der Waals surface area contributed by atoms with Crippen molar-refractivity contribution in [2.75, 3.05) is 11.1 Å². The predicted molar refractivity (Wildman–Crippen MR) is 130 cm³/mol. The van der Waals surface area contributed by atoms with Crippen LogP contribution >= 0.6 is 39.0 Å². The zero-order valence-electron chi connectivity index (χ0n) is 17.5. The van der Waals surface area contributed by atoms with Gasteiger partial charge in [0.15, 0.2) is 10.8 Å². The van der Waals surface area contributed by atoms with E-state index in [-0.39, 0.29) is 40.2 Å². The Hall–Kier alpha value is -3.43. The molecule has 2 atom stereocenters. The topological polar surface area (TPSA) is 171 Å². The molecule has 3 heterocycles. The van der Waals surface area contributed by atoms with Crippen LogP contribution in [0.1, 0.15) is 11.3 Å². The van der Waals surface area contributed by atoms with Gasteiger partial charge in [-0.3, -0.25) is 14.4 Å². The number of nitrogens with zero attached hydrogens (tertiary/aromatic N) is 3. The first kappa shape index (κ1) is 24.7. The third-order valence-corrected chi connectivity index (χ3v) is 7.65. The Morgan fingerprint density at radius 1 is 1.40 bits per heavy atom. The second-order valence-electron chi connectivity index (χ2n) is 7.16. The molecule has 1 fully saturated rings. The number of carbonyl (C=O) groups excluding carboxylic acids is 3.